The number of hydrogen-bond acceptors (Lipinski definition) is 2. The Morgan fingerprint density at radius 2 is 1.85 bits per heavy atom. The van der Waals surface area contributed by atoms with Crippen molar-refractivity contribution >= 4 is 5.97 Å². The number of aliphatic carboxylic acids is 1. The number of carbonyl (C=O) groups is 1. The van der Waals surface area contributed by atoms with Gasteiger partial charge in [0.15, 0.2) is 5.43 Å². The number of aromatic nitrogens is 1. The van der Waals surface area contributed by atoms with Crippen molar-refractivity contribution < 1.29 is 9.90 Å². The first-order valence-electron chi connectivity index (χ1n) is 3.87. The topological polar surface area (TPSA) is 59.3 Å². The molecule has 0 aliphatic rings. The maximum atomic E-state index is 10.8. The molecule has 1 heterocycles. The van der Waals surface area contributed by atoms with Gasteiger partial charge in [0, 0.05) is 24.5 Å². The first kappa shape index (κ1) is 9.51. The van der Waals surface area contributed by atoms with E-state index in [-0.39, 0.29) is 5.43 Å². The first-order chi connectivity index (χ1) is 5.94. The van der Waals surface area contributed by atoms with Crippen molar-refractivity contribution in [2.24, 2.45) is 0 Å². The second kappa shape index (κ2) is 3.05. The molecule has 0 radical (unpaired) electrons. The minimum absolute atomic E-state index is 0.127. The molecule has 70 valence electrons. The van der Waals surface area contributed by atoms with Gasteiger partial charge in [0.1, 0.15) is 5.54 Å². The smallest absolute Gasteiger partial charge is 0.329 e. The van der Waals surface area contributed by atoms with Gasteiger partial charge in [-0.05, 0) is 13.8 Å². The summed E-state index contributed by atoms with van der Waals surface area (Å²) in [4.78, 5) is 21.6. The molecule has 4 nitrogen and oxygen atoms in total. The zero-order valence-electron chi connectivity index (χ0n) is 7.52. The fourth-order valence-corrected chi connectivity index (χ4v) is 0.896. The summed E-state index contributed by atoms with van der Waals surface area (Å²) in [5, 5.41) is 8.87. The Bertz CT molecular complexity index is 358. The van der Waals surface area contributed by atoms with Crippen molar-refractivity contribution in [2.75, 3.05) is 0 Å². The molecule has 0 aliphatic carbocycles. The van der Waals surface area contributed by atoms with Gasteiger partial charge in [0.2, 0.25) is 0 Å². The summed E-state index contributed by atoms with van der Waals surface area (Å²) < 4.78 is 1.48. The quantitative estimate of drug-likeness (QED) is 0.729. The van der Waals surface area contributed by atoms with E-state index in [1.54, 1.807) is 13.8 Å². The molecule has 1 N–H and O–H groups in total. The van der Waals surface area contributed by atoms with Crippen LogP contribution in [-0.2, 0) is 10.3 Å². The molecule has 1 aromatic heterocycles. The van der Waals surface area contributed by atoms with Crippen molar-refractivity contribution in [1.29, 1.82) is 0 Å². The van der Waals surface area contributed by atoms with Gasteiger partial charge < -0.3 is 9.67 Å². The van der Waals surface area contributed by atoms with E-state index in [1.807, 2.05) is 0 Å². The van der Waals surface area contributed by atoms with Crippen LogP contribution in [0.2, 0.25) is 0 Å². The third kappa shape index (κ3) is 1.77. The van der Waals surface area contributed by atoms with E-state index in [4.69, 9.17) is 5.11 Å². The van der Waals surface area contributed by atoms with Crippen LogP contribution in [0.3, 0.4) is 0 Å². The van der Waals surface area contributed by atoms with Crippen LogP contribution in [0.1, 0.15) is 13.8 Å². The summed E-state index contributed by atoms with van der Waals surface area (Å²) in [6, 6.07) is 2.68. The van der Waals surface area contributed by atoms with Crippen LogP contribution < -0.4 is 5.43 Å². The molecule has 0 unspecified atom stereocenters. The zero-order chi connectivity index (χ0) is 10.1. The van der Waals surface area contributed by atoms with Gasteiger partial charge >= 0.3 is 5.97 Å². The Kier molecular flexibility index (Phi) is 2.23. The fraction of sp³-hybridized carbons (Fsp3) is 0.333. The monoisotopic (exact) mass is 181 g/mol. The molecule has 13 heavy (non-hydrogen) atoms. The van der Waals surface area contributed by atoms with Gasteiger partial charge in [-0.15, -0.1) is 0 Å². The van der Waals surface area contributed by atoms with E-state index >= 15 is 0 Å². The summed E-state index contributed by atoms with van der Waals surface area (Å²) in [5.41, 5.74) is -1.15. The van der Waals surface area contributed by atoms with E-state index in [9.17, 15) is 9.59 Å². The number of rotatable bonds is 2. The molecule has 0 amide bonds. The third-order valence-electron chi connectivity index (χ3n) is 1.97. The lowest BCUT2D eigenvalue weighted by atomic mass is 10.1. The maximum Gasteiger partial charge on any atom is 0.329 e. The Balaban J connectivity index is 3.15. The fourth-order valence-electron chi connectivity index (χ4n) is 0.896. The summed E-state index contributed by atoms with van der Waals surface area (Å²) in [7, 11) is 0. The van der Waals surface area contributed by atoms with Crippen LogP contribution in [0.4, 0.5) is 0 Å². The second-order valence-electron chi connectivity index (χ2n) is 3.31. The number of nitrogens with zero attached hydrogens (tertiary/aromatic N) is 1. The molecule has 1 rings (SSSR count). The van der Waals surface area contributed by atoms with Crippen LogP contribution in [0.15, 0.2) is 29.3 Å². The van der Waals surface area contributed by atoms with Gasteiger partial charge in [-0.25, -0.2) is 4.79 Å². The van der Waals surface area contributed by atoms with Crippen molar-refractivity contribution in [1.82, 2.24) is 4.57 Å². The Morgan fingerprint density at radius 3 is 2.23 bits per heavy atom. The van der Waals surface area contributed by atoms with Crippen LogP contribution in [0.5, 0.6) is 0 Å². The molecule has 0 aliphatic heterocycles. The summed E-state index contributed by atoms with van der Waals surface area (Å²) in [6.07, 6.45) is 2.94. The van der Waals surface area contributed by atoms with Crippen LogP contribution in [0.25, 0.3) is 0 Å². The van der Waals surface area contributed by atoms with Crippen LogP contribution in [-0.4, -0.2) is 15.6 Å². The highest BCUT2D eigenvalue weighted by atomic mass is 16.4. The average molecular weight is 181 g/mol. The van der Waals surface area contributed by atoms with E-state index in [0.29, 0.717) is 0 Å². The molecule has 0 saturated carbocycles. The first-order valence-corrected chi connectivity index (χ1v) is 3.87. The van der Waals surface area contributed by atoms with Crippen molar-refractivity contribution in [3.05, 3.63) is 34.7 Å². The summed E-state index contributed by atoms with van der Waals surface area (Å²) >= 11 is 0. The number of pyridine rings is 1. The molecule has 1 aromatic rings. The number of carboxylic acids is 1. The largest absolute Gasteiger partial charge is 0.480 e. The van der Waals surface area contributed by atoms with Gasteiger partial charge in [-0.3, -0.25) is 4.79 Å². The van der Waals surface area contributed by atoms with Crippen molar-refractivity contribution in [3.8, 4) is 0 Å². The predicted molar refractivity (Wildman–Crippen MR) is 47.7 cm³/mol. The predicted octanol–water partition coefficient (Wildman–Crippen LogP) is 0.668. The highest BCUT2D eigenvalue weighted by molar-refractivity contribution is 5.75. The number of carboxylic acid groups (broad SMARTS) is 1. The number of hydrogen-bond donors (Lipinski definition) is 1. The average Bonchev–Trinajstić information content (AvgIpc) is 2.04. The molecular formula is C9H11NO3. The molecular weight excluding hydrogens is 170 g/mol. The van der Waals surface area contributed by atoms with Crippen LogP contribution >= 0.6 is 0 Å². The Morgan fingerprint density at radius 1 is 1.38 bits per heavy atom. The zero-order valence-corrected chi connectivity index (χ0v) is 7.52. The lowest BCUT2D eigenvalue weighted by molar-refractivity contribution is -0.145. The van der Waals surface area contributed by atoms with Gasteiger partial charge in [0.05, 0.1) is 0 Å². The van der Waals surface area contributed by atoms with Gasteiger partial charge in [-0.1, -0.05) is 0 Å². The third-order valence-corrected chi connectivity index (χ3v) is 1.97. The van der Waals surface area contributed by atoms with E-state index in [1.165, 1.54) is 29.1 Å². The Labute approximate surface area is 75.4 Å². The van der Waals surface area contributed by atoms with Crippen molar-refractivity contribution in [3.63, 3.8) is 0 Å². The molecule has 0 atom stereocenters. The van der Waals surface area contributed by atoms with Crippen LogP contribution in [0, 0.1) is 0 Å². The minimum Gasteiger partial charge on any atom is -0.480 e. The van der Waals surface area contributed by atoms with Gasteiger partial charge in [-0.2, -0.15) is 0 Å². The van der Waals surface area contributed by atoms with E-state index < -0.39 is 11.5 Å². The van der Waals surface area contributed by atoms with E-state index in [0.717, 1.165) is 0 Å². The lowest BCUT2D eigenvalue weighted by Crippen LogP contribution is -2.35. The SMILES string of the molecule is CC(C)(C(=O)O)n1ccc(=O)cc1. The van der Waals surface area contributed by atoms with E-state index in [2.05, 4.69) is 0 Å². The second-order valence-corrected chi connectivity index (χ2v) is 3.31. The van der Waals surface area contributed by atoms with Gasteiger partial charge in [0.25, 0.3) is 0 Å². The Hall–Kier alpha value is -1.58. The lowest BCUT2D eigenvalue weighted by Gasteiger charge is -2.22. The standard InChI is InChI=1S/C9H11NO3/c1-9(2,8(12)13)10-5-3-7(11)4-6-10/h3-6H,1-2H3,(H,12,13). The molecule has 0 saturated heterocycles. The molecule has 0 fully saturated rings. The summed E-state index contributed by atoms with van der Waals surface area (Å²) in [6.45, 7) is 3.14. The highest BCUT2D eigenvalue weighted by Gasteiger charge is 2.27. The van der Waals surface area contributed by atoms with Crippen molar-refractivity contribution in [2.45, 2.75) is 19.4 Å². The molecule has 0 aromatic carbocycles. The highest BCUT2D eigenvalue weighted by Crippen LogP contribution is 2.13. The molecule has 0 spiro atoms. The molecule has 4 heteroatoms. The molecule has 0 bridgehead atoms. The maximum absolute atomic E-state index is 10.8. The summed E-state index contributed by atoms with van der Waals surface area (Å²) in [5.74, 6) is -0.934. The normalized spacial score (nSPS) is 11.2. The minimum atomic E-state index is -1.02.